The molecule has 13 N–H and O–H groups in total. The monoisotopic (exact) mass is 1140 g/mol. The van der Waals surface area contributed by atoms with Crippen molar-refractivity contribution in [2.24, 2.45) is 10.2 Å². The number of alkyl halides is 2. The zero-order valence-corrected chi connectivity index (χ0v) is 38.6. The van der Waals surface area contributed by atoms with Crippen molar-refractivity contribution < 1.29 is 130 Å². The number of hydrogen-bond acceptors (Lipinski definition) is 23. The molecular weight excluding hydrogens is 1110 g/mol. The maximum absolute atomic E-state index is 14.8. The lowest BCUT2D eigenvalue weighted by atomic mass is 10.1. The predicted molar refractivity (Wildman–Crippen MR) is 203 cm³/mol. The topological polar surface area (TPSA) is 541 Å². The van der Waals surface area contributed by atoms with E-state index in [1.165, 1.54) is 0 Å². The number of phosphoric ester groups is 2. The molecule has 48 heteroatoms. The fourth-order valence-electron chi connectivity index (χ4n) is 4.78. The Balaban J connectivity index is 0.000000350. The Morgan fingerprint density at radius 1 is 0.727 bits per heavy atom. The molecule has 0 amide bonds. The minimum Gasteiger partial charge on any atom is -0.387 e. The quantitative estimate of drug-likeness (QED) is 0.0255. The smallest absolute Gasteiger partial charge is 0.387 e. The van der Waals surface area contributed by atoms with E-state index < -0.39 is 140 Å². The van der Waals surface area contributed by atoms with Crippen LogP contribution in [0.1, 0.15) is 12.5 Å². The number of aliphatic hydroxyl groups excluding tert-OH is 2. The number of halogens is 4. The Morgan fingerprint density at radius 2 is 1.11 bits per heavy atom. The molecule has 2 aromatic heterocycles. The first-order valence-corrected chi connectivity index (χ1v) is 25.8. The van der Waals surface area contributed by atoms with Gasteiger partial charge in [-0.3, -0.25) is 18.2 Å². The normalized spacial score (nSPS) is 29.1. The molecule has 66 heavy (non-hydrogen) atoms. The molecular formula is C18H25F4N11O24P6S3. The number of aromatic nitrogens is 4. The summed E-state index contributed by atoms with van der Waals surface area (Å²) >= 11 is 14.3. The highest BCUT2D eigenvalue weighted by Gasteiger charge is 2.59. The average molecular weight is 1140 g/mol. The van der Waals surface area contributed by atoms with Gasteiger partial charge in [0.05, 0.1) is 13.2 Å². The number of hydrogen-bond donors (Lipinski definition) is 12. The molecule has 35 nitrogen and oxygen atoms in total. The summed E-state index contributed by atoms with van der Waals surface area (Å²) in [5, 5.41) is 26.4. The molecule has 0 saturated carbocycles. The Labute approximate surface area is 374 Å². The molecule has 4 heterocycles. The Bertz CT molecular complexity index is 2780. The van der Waals surface area contributed by atoms with Crippen molar-refractivity contribution in [1.29, 1.82) is 0 Å². The Kier molecular flexibility index (Phi) is 18.7. The van der Waals surface area contributed by atoms with E-state index in [2.05, 4.69) is 68.5 Å². The van der Waals surface area contributed by atoms with E-state index in [9.17, 15) is 65.0 Å². The predicted octanol–water partition coefficient (Wildman–Crippen LogP) is 2.90. The second kappa shape index (κ2) is 21.3. The fraction of sp³-hybridized carbons (Fsp3) is 0.556. The van der Waals surface area contributed by atoms with Crippen LogP contribution in [0.2, 0.25) is 0 Å². The maximum Gasteiger partial charge on any atom is 0.490 e. The van der Waals surface area contributed by atoms with Crippen molar-refractivity contribution >= 4 is 89.4 Å². The molecule has 12 atom stereocenters. The molecule has 2 aromatic rings. The van der Waals surface area contributed by atoms with E-state index >= 15 is 0 Å². The number of H-pyrrole nitrogens is 1. The number of phosphoric acid groups is 6. The second-order valence-corrected chi connectivity index (χ2v) is 21.9. The molecule has 6 unspecified atom stereocenters. The first-order chi connectivity index (χ1) is 29.8. The van der Waals surface area contributed by atoms with Crippen molar-refractivity contribution in [2.45, 2.75) is 48.5 Å². The Morgan fingerprint density at radius 3 is 1.48 bits per heavy atom. The van der Waals surface area contributed by atoms with Gasteiger partial charge in [-0.25, -0.2) is 45.0 Å². The maximum atomic E-state index is 14.8. The summed E-state index contributed by atoms with van der Waals surface area (Å²) in [6.07, 6.45) is -12.9. The standard InChI is InChI=1S/C9H13F2N6O12P3S.C9H12F2N5O12P3S2/c10-3-1-17(8(33)14-6(3)12)7-4(11)5(18)9(27-7,15-16-13)2-26-31(22,23)29-32(24,25)28-30(19,20)21;10-3-1-16(8(33)13-6(3)32)7-4(11)5(17)9(26-7,14-15-12)2-25-30(21,22)28-31(23,24)27-29(18,19)20/h1,4-5,7,18H,2H2,(H,22,23)(H,24,25)(H2,12,14,33)(H2,19,20,21);1,4-5,7,17H,2H2,(H,21,22)(H,23,24)(H,13,32,33)(H2,18,19,20)/t2*4?,5-,7-,9-/m11/s1. The number of anilines is 1. The highest BCUT2D eigenvalue weighted by atomic mass is 32.1. The van der Waals surface area contributed by atoms with Crippen LogP contribution in [0.15, 0.2) is 22.6 Å². The third-order valence-corrected chi connectivity index (χ3v) is 15.7. The molecule has 0 aromatic carbocycles. The number of rotatable bonds is 18. The second-order valence-electron chi connectivity index (χ2n) is 11.9. The number of aromatic amines is 1. The first kappa shape index (κ1) is 57.9. The molecule has 0 aliphatic carbocycles. The van der Waals surface area contributed by atoms with Gasteiger partial charge in [0.25, 0.3) is 0 Å². The molecule has 2 aliphatic rings. The molecule has 2 aliphatic heterocycles. The molecule has 4 rings (SSSR count). The van der Waals surface area contributed by atoms with E-state index in [-0.39, 0.29) is 0 Å². The molecule has 0 spiro atoms. The summed E-state index contributed by atoms with van der Waals surface area (Å²) in [5.41, 5.74) is 17.0. The first-order valence-electron chi connectivity index (χ1n) is 15.6. The third-order valence-electron chi connectivity index (χ3n) is 7.26. The van der Waals surface area contributed by atoms with Gasteiger partial charge in [-0.15, -0.1) is 0 Å². The summed E-state index contributed by atoms with van der Waals surface area (Å²) in [4.78, 5) is 81.4. The average Bonchev–Trinajstić information content (AvgIpc) is 3.51. The van der Waals surface area contributed by atoms with Crippen LogP contribution in [-0.2, 0) is 63.2 Å². The van der Waals surface area contributed by atoms with Crippen LogP contribution in [0.3, 0.4) is 0 Å². The SMILES string of the molecule is [N-]=[N+]=N[C@]1(COP(=O)(O)OP(=O)(O)OP(=O)(O)O)O[C@@H](n2cc(F)c(=S)[nH]c2=S)C(F)[C@H]1O.[N-]=[N+]=N[C@]1(COP(=O)(O)OP(=O)(O)OP(=O)(O)O)O[C@@H](n2cc(F)c(N)nc2=S)C(F)[C@H]1O. The van der Waals surface area contributed by atoms with Crippen molar-refractivity contribution in [3.05, 3.63) is 59.1 Å². The Hall–Kier alpha value is -2.38. The lowest BCUT2D eigenvalue weighted by Crippen LogP contribution is -2.44. The third kappa shape index (κ3) is 15.3. The van der Waals surface area contributed by atoms with E-state index in [4.69, 9.17) is 80.1 Å². The van der Waals surface area contributed by atoms with Crippen LogP contribution < -0.4 is 5.73 Å². The number of nitrogens with zero attached hydrogens (tertiary/aromatic N) is 9. The van der Waals surface area contributed by atoms with Crippen LogP contribution in [0.4, 0.5) is 23.4 Å². The van der Waals surface area contributed by atoms with Crippen LogP contribution in [0, 0.1) is 25.8 Å². The molecule has 0 radical (unpaired) electrons. The number of aliphatic hydroxyl groups is 2. The van der Waals surface area contributed by atoms with Crippen molar-refractivity contribution in [3.63, 3.8) is 0 Å². The van der Waals surface area contributed by atoms with Gasteiger partial charge in [0.2, 0.25) is 16.2 Å². The summed E-state index contributed by atoms with van der Waals surface area (Å²) in [6, 6.07) is 0. The van der Waals surface area contributed by atoms with Gasteiger partial charge in [-0.2, -0.15) is 22.2 Å². The summed E-state index contributed by atoms with van der Waals surface area (Å²) in [5.74, 6) is -2.92. The zero-order chi connectivity index (χ0) is 50.8. The largest absolute Gasteiger partial charge is 0.490 e. The van der Waals surface area contributed by atoms with E-state index in [1.807, 2.05) is 0 Å². The van der Waals surface area contributed by atoms with Gasteiger partial charge in [-0.1, -0.05) is 22.4 Å². The van der Waals surface area contributed by atoms with Crippen molar-refractivity contribution in [2.75, 3.05) is 18.9 Å². The summed E-state index contributed by atoms with van der Waals surface area (Å²) < 4.78 is 157. The van der Waals surface area contributed by atoms with E-state index in [0.717, 1.165) is 0 Å². The minimum atomic E-state index is -5.90. The molecule has 2 saturated heterocycles. The number of nitrogens with one attached hydrogen (secondary N) is 1. The van der Waals surface area contributed by atoms with Gasteiger partial charge in [0.15, 0.2) is 47.0 Å². The molecule has 0 bridgehead atoms. The lowest BCUT2D eigenvalue weighted by Gasteiger charge is -2.27. The fourth-order valence-corrected chi connectivity index (χ4v) is 11.6. The molecule has 2 fully saturated rings. The molecule has 372 valence electrons. The van der Waals surface area contributed by atoms with E-state index in [1.54, 1.807) is 0 Å². The van der Waals surface area contributed by atoms with Gasteiger partial charge in [0, 0.05) is 22.2 Å². The van der Waals surface area contributed by atoms with Gasteiger partial charge in [0.1, 0.15) is 16.8 Å². The van der Waals surface area contributed by atoms with Gasteiger partial charge in [-0.05, 0) is 35.5 Å². The van der Waals surface area contributed by atoms with Crippen LogP contribution in [-0.4, -0.2) is 118 Å². The van der Waals surface area contributed by atoms with Crippen LogP contribution >= 0.6 is 83.6 Å². The van der Waals surface area contributed by atoms with Gasteiger partial charge >= 0.3 is 46.9 Å². The zero-order valence-electron chi connectivity index (χ0n) is 30.7. The summed E-state index contributed by atoms with van der Waals surface area (Å²) in [6.45, 7) is -3.07. The number of ether oxygens (including phenoxy) is 2. The van der Waals surface area contributed by atoms with Crippen LogP contribution in [0.5, 0.6) is 0 Å². The lowest BCUT2D eigenvalue weighted by molar-refractivity contribution is -0.122. The highest BCUT2D eigenvalue weighted by Crippen LogP contribution is 2.68. The van der Waals surface area contributed by atoms with Crippen LogP contribution in [0.25, 0.3) is 20.9 Å². The van der Waals surface area contributed by atoms with Crippen molar-refractivity contribution in [1.82, 2.24) is 19.1 Å². The number of nitrogens with two attached hydrogens (primary N) is 1. The highest BCUT2D eigenvalue weighted by molar-refractivity contribution is 7.72. The number of azide groups is 2. The van der Waals surface area contributed by atoms with Crippen molar-refractivity contribution in [3.8, 4) is 0 Å². The van der Waals surface area contributed by atoms with E-state index in [0.29, 0.717) is 21.5 Å². The minimum absolute atomic E-state index is 0.397. The number of nitrogen functional groups attached to an aromatic ring is 1. The summed E-state index contributed by atoms with van der Waals surface area (Å²) in [7, 11) is -34.7. The van der Waals surface area contributed by atoms with Gasteiger partial charge < -0.3 is 69.6 Å².